The molecule has 3 heterocycles. The highest BCUT2D eigenvalue weighted by Gasteiger charge is 2.31. The van der Waals surface area contributed by atoms with Crippen molar-refractivity contribution in [2.45, 2.75) is 62.9 Å². The van der Waals surface area contributed by atoms with Gasteiger partial charge in [-0.1, -0.05) is 17.7 Å². The summed E-state index contributed by atoms with van der Waals surface area (Å²) < 4.78 is 20.6. The molecule has 250 valence electrons. The minimum absolute atomic E-state index is 0.0409. The second-order valence-corrected chi connectivity index (χ2v) is 12.4. The number of carbonyl (C=O) groups excluding carboxylic acids is 1. The molecule has 5 atom stereocenters. The van der Waals surface area contributed by atoms with Gasteiger partial charge >= 0.3 is 0 Å². The van der Waals surface area contributed by atoms with E-state index in [-0.39, 0.29) is 24.8 Å². The lowest BCUT2D eigenvalue weighted by Gasteiger charge is -2.31. The highest BCUT2D eigenvalue weighted by molar-refractivity contribution is 6.30. The van der Waals surface area contributed by atoms with Gasteiger partial charge in [-0.25, -0.2) is 14.4 Å². The van der Waals surface area contributed by atoms with Crippen molar-refractivity contribution in [2.24, 2.45) is 11.8 Å². The number of benzene rings is 1. The number of aliphatic hydroxyl groups is 5. The second kappa shape index (κ2) is 17.3. The van der Waals surface area contributed by atoms with Gasteiger partial charge in [0.05, 0.1) is 43.2 Å². The number of halogens is 2. The standard InChI is InChI=1S/C31H45ClFN5O7/c32-23-15-35-31(36-16-23)37-8-5-20(6-9-37)2-1-11-45-24-4-3-22(25(33)13-24)12-28(42)38-10-7-21(18-38)14-34-17-26(40)29(43)30(44)27(41)19-39/h3-4,13,15-16,20-21,26-27,29-30,34,39-41,43-44H,1-2,5-12,14,17-19H2/t21-,26?,27?,29?,30?/m0/s1. The molecule has 0 saturated carbocycles. The maximum Gasteiger partial charge on any atom is 0.227 e. The number of hydrogen-bond donors (Lipinski definition) is 6. The first-order valence-electron chi connectivity index (χ1n) is 15.6. The zero-order chi connectivity index (χ0) is 32.3. The lowest BCUT2D eigenvalue weighted by atomic mass is 9.92. The topological polar surface area (TPSA) is 172 Å². The van der Waals surface area contributed by atoms with Crippen LogP contribution in [0.4, 0.5) is 10.3 Å². The van der Waals surface area contributed by atoms with E-state index < -0.39 is 36.8 Å². The maximum absolute atomic E-state index is 14.8. The van der Waals surface area contributed by atoms with Crippen molar-refractivity contribution in [1.29, 1.82) is 0 Å². The van der Waals surface area contributed by atoms with Gasteiger partial charge in [0.2, 0.25) is 11.9 Å². The molecule has 6 N–H and O–H groups in total. The summed E-state index contributed by atoms with van der Waals surface area (Å²) in [6.45, 7) is 2.98. The Morgan fingerprint density at radius 1 is 1.04 bits per heavy atom. The molecule has 0 spiro atoms. The molecule has 1 amide bonds. The van der Waals surface area contributed by atoms with Gasteiger partial charge in [0.1, 0.15) is 29.9 Å². The lowest BCUT2D eigenvalue weighted by molar-refractivity contribution is -0.129. The highest BCUT2D eigenvalue weighted by atomic mass is 35.5. The fraction of sp³-hybridized carbons (Fsp3) is 0.645. The van der Waals surface area contributed by atoms with Crippen LogP contribution in [0.25, 0.3) is 0 Å². The molecule has 4 unspecified atom stereocenters. The number of aliphatic hydroxyl groups excluding tert-OH is 5. The highest BCUT2D eigenvalue weighted by Crippen LogP contribution is 2.25. The molecule has 0 aliphatic carbocycles. The summed E-state index contributed by atoms with van der Waals surface area (Å²) in [5, 5.41) is 51.5. The Kier molecular flexibility index (Phi) is 13.5. The Balaban J connectivity index is 1.11. The molecule has 0 radical (unpaired) electrons. The molecule has 12 nitrogen and oxygen atoms in total. The van der Waals surface area contributed by atoms with Crippen LogP contribution < -0.4 is 15.0 Å². The molecular weight excluding hydrogens is 609 g/mol. The summed E-state index contributed by atoms with van der Waals surface area (Å²) in [6, 6.07) is 4.63. The zero-order valence-electron chi connectivity index (χ0n) is 25.3. The van der Waals surface area contributed by atoms with Crippen LogP contribution in [0.2, 0.25) is 5.02 Å². The smallest absolute Gasteiger partial charge is 0.227 e. The van der Waals surface area contributed by atoms with Crippen molar-refractivity contribution < 1.29 is 39.5 Å². The van der Waals surface area contributed by atoms with Crippen molar-refractivity contribution in [3.8, 4) is 5.75 Å². The third-order valence-electron chi connectivity index (χ3n) is 8.65. The summed E-state index contributed by atoms with van der Waals surface area (Å²) in [6.07, 6.45) is 1.68. The molecule has 2 saturated heterocycles. The van der Waals surface area contributed by atoms with Crippen LogP contribution in [-0.4, -0.2) is 123 Å². The van der Waals surface area contributed by atoms with Crippen molar-refractivity contribution in [3.63, 3.8) is 0 Å². The number of aromatic nitrogens is 2. The van der Waals surface area contributed by atoms with Crippen LogP contribution in [-0.2, 0) is 11.2 Å². The average Bonchev–Trinajstić information content (AvgIpc) is 3.53. The number of anilines is 1. The van der Waals surface area contributed by atoms with Crippen LogP contribution in [0.15, 0.2) is 30.6 Å². The first kappa shape index (κ1) is 35.2. The van der Waals surface area contributed by atoms with Crippen molar-refractivity contribution in [1.82, 2.24) is 20.2 Å². The maximum atomic E-state index is 14.8. The zero-order valence-corrected chi connectivity index (χ0v) is 26.1. The Hall–Kier alpha value is -2.65. The van der Waals surface area contributed by atoms with Gasteiger partial charge in [-0.05, 0) is 62.1 Å². The number of amides is 1. The number of piperidine rings is 1. The number of likely N-dealkylation sites (tertiary alicyclic amines) is 1. The Morgan fingerprint density at radius 2 is 1.73 bits per heavy atom. The molecule has 14 heteroatoms. The van der Waals surface area contributed by atoms with E-state index in [1.165, 1.54) is 6.07 Å². The van der Waals surface area contributed by atoms with Crippen molar-refractivity contribution in [3.05, 3.63) is 47.0 Å². The molecule has 1 aromatic heterocycles. The summed E-state index contributed by atoms with van der Waals surface area (Å²) in [5.41, 5.74) is 0.311. The monoisotopic (exact) mass is 653 g/mol. The summed E-state index contributed by atoms with van der Waals surface area (Å²) in [7, 11) is 0. The van der Waals surface area contributed by atoms with Gasteiger partial charge in [-0.2, -0.15) is 0 Å². The molecule has 1 aromatic carbocycles. The third kappa shape index (κ3) is 10.4. The summed E-state index contributed by atoms with van der Waals surface area (Å²) in [5.74, 6) is 1.20. The minimum Gasteiger partial charge on any atom is -0.493 e. The van der Waals surface area contributed by atoms with E-state index in [2.05, 4.69) is 20.2 Å². The number of carbonyl (C=O) groups is 1. The Labute approximate surface area is 267 Å². The number of ether oxygens (including phenoxy) is 1. The van der Waals surface area contributed by atoms with E-state index in [0.717, 1.165) is 45.2 Å². The van der Waals surface area contributed by atoms with Crippen molar-refractivity contribution in [2.75, 3.05) is 57.4 Å². The molecule has 0 bridgehead atoms. The lowest BCUT2D eigenvalue weighted by Crippen LogP contribution is -2.49. The summed E-state index contributed by atoms with van der Waals surface area (Å²) >= 11 is 5.88. The van der Waals surface area contributed by atoms with E-state index in [1.807, 2.05) is 0 Å². The fourth-order valence-electron chi connectivity index (χ4n) is 5.83. The van der Waals surface area contributed by atoms with E-state index in [0.29, 0.717) is 54.4 Å². The molecule has 2 fully saturated rings. The van der Waals surface area contributed by atoms with Crippen LogP contribution in [0, 0.1) is 17.7 Å². The third-order valence-corrected chi connectivity index (χ3v) is 8.84. The minimum atomic E-state index is -1.68. The van der Waals surface area contributed by atoms with Crippen molar-refractivity contribution >= 4 is 23.5 Å². The second-order valence-electron chi connectivity index (χ2n) is 12.0. The van der Waals surface area contributed by atoms with Gasteiger partial charge in [0.15, 0.2) is 0 Å². The molecule has 45 heavy (non-hydrogen) atoms. The molecule has 2 aromatic rings. The average molecular weight is 654 g/mol. The van der Waals surface area contributed by atoms with Gasteiger partial charge in [0, 0.05) is 38.8 Å². The van der Waals surface area contributed by atoms with Crippen LogP contribution in [0.3, 0.4) is 0 Å². The molecular formula is C31H45ClFN5O7. The Morgan fingerprint density at radius 3 is 2.42 bits per heavy atom. The van der Waals surface area contributed by atoms with Crippen LogP contribution in [0.1, 0.15) is 37.7 Å². The SMILES string of the molecule is O=C(Cc1ccc(OCCCC2CCN(c3ncc(Cl)cn3)CC2)cc1F)N1CC[C@@H](CNCC(O)C(O)C(O)C(O)CO)C1. The first-order chi connectivity index (χ1) is 21.6. The van der Waals surface area contributed by atoms with E-state index in [9.17, 15) is 29.6 Å². The van der Waals surface area contributed by atoms with Crippen LogP contribution in [0.5, 0.6) is 5.75 Å². The summed E-state index contributed by atoms with van der Waals surface area (Å²) in [4.78, 5) is 25.3. The van der Waals surface area contributed by atoms with Gasteiger partial charge in [-0.15, -0.1) is 0 Å². The molecule has 2 aliphatic rings. The normalized spacial score (nSPS) is 20.2. The van der Waals surface area contributed by atoms with E-state index in [4.69, 9.17) is 21.4 Å². The van der Waals surface area contributed by atoms with Gasteiger partial charge in [-0.3, -0.25) is 4.79 Å². The molecule has 2 aliphatic heterocycles. The predicted molar refractivity (Wildman–Crippen MR) is 165 cm³/mol. The largest absolute Gasteiger partial charge is 0.493 e. The van der Waals surface area contributed by atoms with E-state index in [1.54, 1.807) is 29.4 Å². The number of rotatable bonds is 16. The molecule has 4 rings (SSSR count). The van der Waals surface area contributed by atoms with E-state index >= 15 is 0 Å². The number of hydrogen-bond acceptors (Lipinski definition) is 11. The van der Waals surface area contributed by atoms with Gasteiger partial charge in [0.25, 0.3) is 0 Å². The van der Waals surface area contributed by atoms with Gasteiger partial charge < -0.3 is 45.4 Å². The fourth-order valence-corrected chi connectivity index (χ4v) is 5.93. The predicted octanol–water partition coefficient (Wildman–Crippen LogP) is 0.761. The first-order valence-corrected chi connectivity index (χ1v) is 16.0. The Bertz CT molecular complexity index is 1210. The van der Waals surface area contributed by atoms with Crippen LogP contribution >= 0.6 is 11.6 Å². The quantitative estimate of drug-likeness (QED) is 0.141. The number of nitrogens with zero attached hydrogens (tertiary/aromatic N) is 4. The number of nitrogens with one attached hydrogen (secondary N) is 1.